The summed E-state index contributed by atoms with van der Waals surface area (Å²) in [6.45, 7) is 2.64. The molecule has 1 aromatic heterocycles. The monoisotopic (exact) mass is 205 g/mol. The molecule has 2 rings (SSSR count). The van der Waals surface area contributed by atoms with Crippen molar-refractivity contribution < 1.29 is 9.53 Å². The molecule has 80 valence electrons. The normalized spacial score (nSPS) is 21.3. The maximum Gasteiger partial charge on any atom is 0.193 e. The second kappa shape index (κ2) is 4.53. The summed E-state index contributed by atoms with van der Waals surface area (Å²) in [5, 5.41) is 0. The van der Waals surface area contributed by atoms with Crippen LogP contribution in [-0.4, -0.2) is 23.5 Å². The zero-order chi connectivity index (χ0) is 10.7. The van der Waals surface area contributed by atoms with Crippen molar-refractivity contribution >= 4 is 5.78 Å². The summed E-state index contributed by atoms with van der Waals surface area (Å²) in [4.78, 5) is 16.0. The van der Waals surface area contributed by atoms with Gasteiger partial charge in [-0.15, -0.1) is 0 Å². The Bertz CT molecular complexity index is 356. The lowest BCUT2D eigenvalue weighted by atomic mass is 10.0. The van der Waals surface area contributed by atoms with Crippen LogP contribution in [-0.2, 0) is 4.74 Å². The van der Waals surface area contributed by atoms with E-state index in [9.17, 15) is 4.79 Å². The molecule has 0 saturated carbocycles. The van der Waals surface area contributed by atoms with Crippen molar-refractivity contribution in [1.29, 1.82) is 0 Å². The first-order chi connectivity index (χ1) is 7.27. The summed E-state index contributed by atoms with van der Waals surface area (Å²) in [6, 6.07) is 1.87. The van der Waals surface area contributed by atoms with Gasteiger partial charge in [0.15, 0.2) is 5.78 Å². The Labute approximate surface area is 89.5 Å². The number of hydrogen-bond donors (Lipinski definition) is 0. The minimum absolute atomic E-state index is 0.0749. The largest absolute Gasteiger partial charge is 0.370 e. The van der Waals surface area contributed by atoms with E-state index in [4.69, 9.17) is 4.74 Å². The van der Waals surface area contributed by atoms with Crippen LogP contribution >= 0.6 is 0 Å². The van der Waals surface area contributed by atoms with Gasteiger partial charge in [-0.2, -0.15) is 0 Å². The van der Waals surface area contributed by atoms with E-state index < -0.39 is 0 Å². The summed E-state index contributed by atoms with van der Waals surface area (Å²) in [7, 11) is 0. The molecule has 1 aliphatic heterocycles. The van der Waals surface area contributed by atoms with E-state index >= 15 is 0 Å². The standard InChI is InChI=1S/C12H15NO2/c1-9-6-10(8-13-7-9)12(14)11-4-2-3-5-15-11/h6-8,11H,2-5H2,1H3. The molecule has 1 atom stereocenters. The molecule has 1 aliphatic rings. The summed E-state index contributed by atoms with van der Waals surface area (Å²) in [5.41, 5.74) is 1.68. The number of ketones is 1. The van der Waals surface area contributed by atoms with Crippen LogP contribution in [0.2, 0.25) is 0 Å². The maximum atomic E-state index is 12.0. The van der Waals surface area contributed by atoms with Gasteiger partial charge in [-0.3, -0.25) is 9.78 Å². The zero-order valence-corrected chi connectivity index (χ0v) is 8.90. The third kappa shape index (κ3) is 2.42. The Morgan fingerprint density at radius 3 is 3.00 bits per heavy atom. The van der Waals surface area contributed by atoms with Gasteiger partial charge >= 0.3 is 0 Å². The zero-order valence-electron chi connectivity index (χ0n) is 8.90. The van der Waals surface area contributed by atoms with E-state index in [1.165, 1.54) is 0 Å². The van der Waals surface area contributed by atoms with Gasteiger partial charge in [0.05, 0.1) is 0 Å². The molecule has 1 fully saturated rings. The molecule has 1 saturated heterocycles. The van der Waals surface area contributed by atoms with Gasteiger partial charge < -0.3 is 4.74 Å². The molecule has 0 spiro atoms. The average molecular weight is 205 g/mol. The van der Waals surface area contributed by atoms with Crippen LogP contribution in [0.3, 0.4) is 0 Å². The quantitative estimate of drug-likeness (QED) is 0.694. The predicted octanol–water partition coefficient (Wildman–Crippen LogP) is 2.14. The first-order valence-electron chi connectivity index (χ1n) is 5.35. The minimum Gasteiger partial charge on any atom is -0.370 e. The van der Waals surface area contributed by atoms with Gasteiger partial charge in [0.1, 0.15) is 6.10 Å². The van der Waals surface area contributed by atoms with Crippen molar-refractivity contribution in [2.75, 3.05) is 6.61 Å². The molecule has 0 N–H and O–H groups in total. The fraction of sp³-hybridized carbons (Fsp3) is 0.500. The average Bonchev–Trinajstić information content (AvgIpc) is 2.29. The van der Waals surface area contributed by atoms with Gasteiger partial charge in [-0.1, -0.05) is 0 Å². The van der Waals surface area contributed by atoms with E-state index in [0.717, 1.165) is 24.8 Å². The molecule has 1 unspecified atom stereocenters. The Morgan fingerprint density at radius 2 is 2.33 bits per heavy atom. The third-order valence-electron chi connectivity index (χ3n) is 2.63. The van der Waals surface area contributed by atoms with Crippen molar-refractivity contribution in [3.63, 3.8) is 0 Å². The summed E-state index contributed by atoms with van der Waals surface area (Å²) in [5.74, 6) is 0.0749. The highest BCUT2D eigenvalue weighted by Crippen LogP contribution is 2.17. The Morgan fingerprint density at radius 1 is 1.47 bits per heavy atom. The van der Waals surface area contributed by atoms with Crippen molar-refractivity contribution in [2.24, 2.45) is 0 Å². The van der Waals surface area contributed by atoms with Gasteiger partial charge in [0, 0.05) is 24.6 Å². The Kier molecular flexibility index (Phi) is 3.11. The second-order valence-electron chi connectivity index (χ2n) is 3.97. The molecule has 0 aliphatic carbocycles. The highest BCUT2D eigenvalue weighted by atomic mass is 16.5. The second-order valence-corrected chi connectivity index (χ2v) is 3.97. The number of nitrogens with zero attached hydrogens (tertiary/aromatic N) is 1. The van der Waals surface area contributed by atoms with Crippen LogP contribution in [0.5, 0.6) is 0 Å². The van der Waals surface area contributed by atoms with E-state index in [1.807, 2.05) is 13.0 Å². The molecule has 15 heavy (non-hydrogen) atoms. The maximum absolute atomic E-state index is 12.0. The lowest BCUT2D eigenvalue weighted by Crippen LogP contribution is -2.28. The van der Waals surface area contributed by atoms with E-state index in [-0.39, 0.29) is 11.9 Å². The highest BCUT2D eigenvalue weighted by Gasteiger charge is 2.23. The molecule has 0 radical (unpaired) electrons. The lowest BCUT2D eigenvalue weighted by molar-refractivity contribution is 0.0186. The number of aromatic nitrogens is 1. The number of rotatable bonds is 2. The molecule has 3 heteroatoms. The van der Waals surface area contributed by atoms with Crippen molar-refractivity contribution in [1.82, 2.24) is 4.98 Å². The lowest BCUT2D eigenvalue weighted by Gasteiger charge is -2.21. The van der Waals surface area contributed by atoms with E-state index in [0.29, 0.717) is 12.2 Å². The SMILES string of the molecule is Cc1cncc(C(=O)C2CCCCO2)c1. The van der Waals surface area contributed by atoms with Gasteiger partial charge in [-0.25, -0.2) is 0 Å². The van der Waals surface area contributed by atoms with Gasteiger partial charge in [-0.05, 0) is 37.8 Å². The number of hydrogen-bond acceptors (Lipinski definition) is 3. The van der Waals surface area contributed by atoms with Gasteiger partial charge in [0.2, 0.25) is 0 Å². The van der Waals surface area contributed by atoms with E-state index in [1.54, 1.807) is 12.4 Å². The first kappa shape index (κ1) is 10.3. The van der Waals surface area contributed by atoms with Crippen molar-refractivity contribution in [2.45, 2.75) is 32.3 Å². The molecule has 1 aromatic rings. The molecule has 0 amide bonds. The number of aryl methyl sites for hydroxylation is 1. The summed E-state index contributed by atoms with van der Waals surface area (Å²) in [6.07, 6.45) is 6.10. The van der Waals surface area contributed by atoms with Crippen molar-refractivity contribution in [3.05, 3.63) is 29.6 Å². The van der Waals surface area contributed by atoms with E-state index in [2.05, 4.69) is 4.98 Å². The van der Waals surface area contributed by atoms with Gasteiger partial charge in [0.25, 0.3) is 0 Å². The minimum atomic E-state index is -0.248. The number of carbonyl (C=O) groups excluding carboxylic acids is 1. The Hall–Kier alpha value is -1.22. The van der Waals surface area contributed by atoms with Crippen LogP contribution in [0.4, 0.5) is 0 Å². The smallest absolute Gasteiger partial charge is 0.193 e. The molecular formula is C12H15NO2. The van der Waals surface area contributed by atoms with Crippen LogP contribution < -0.4 is 0 Å². The predicted molar refractivity (Wildman–Crippen MR) is 56.9 cm³/mol. The van der Waals surface area contributed by atoms with Crippen LogP contribution in [0.25, 0.3) is 0 Å². The number of Topliss-reactive ketones (excluding diaryl/α,β-unsaturated/α-hetero) is 1. The van der Waals surface area contributed by atoms with Crippen LogP contribution in [0.1, 0.15) is 35.2 Å². The number of ether oxygens (including phenoxy) is 1. The topological polar surface area (TPSA) is 39.2 Å². The summed E-state index contributed by atoms with van der Waals surface area (Å²) < 4.78 is 5.46. The summed E-state index contributed by atoms with van der Waals surface area (Å²) >= 11 is 0. The van der Waals surface area contributed by atoms with Crippen molar-refractivity contribution in [3.8, 4) is 0 Å². The fourth-order valence-electron chi connectivity index (χ4n) is 1.82. The number of carbonyl (C=O) groups is 1. The molecule has 2 heterocycles. The van der Waals surface area contributed by atoms with Crippen LogP contribution in [0, 0.1) is 6.92 Å². The van der Waals surface area contributed by atoms with Crippen LogP contribution in [0.15, 0.2) is 18.5 Å². The fourth-order valence-corrected chi connectivity index (χ4v) is 1.82. The molecule has 3 nitrogen and oxygen atoms in total. The third-order valence-corrected chi connectivity index (χ3v) is 2.63. The molecule has 0 bridgehead atoms. The molecular weight excluding hydrogens is 190 g/mol. The molecule has 0 aromatic carbocycles. The highest BCUT2D eigenvalue weighted by molar-refractivity contribution is 5.99. The number of pyridine rings is 1. The Balaban J connectivity index is 2.12. The first-order valence-corrected chi connectivity index (χ1v) is 5.35.